The Balaban J connectivity index is 1.53. The number of primary sulfonamides is 1. The highest BCUT2D eigenvalue weighted by Gasteiger charge is 2.17. The van der Waals surface area contributed by atoms with E-state index in [9.17, 15) is 17.6 Å². The van der Waals surface area contributed by atoms with E-state index in [-0.39, 0.29) is 17.5 Å². The third kappa shape index (κ3) is 4.98. The molecule has 31 heavy (non-hydrogen) atoms. The van der Waals surface area contributed by atoms with E-state index in [1.807, 2.05) is 6.92 Å². The maximum absolute atomic E-state index is 13.2. The zero-order valence-corrected chi connectivity index (χ0v) is 18.1. The lowest BCUT2D eigenvalue weighted by Gasteiger charge is -2.05. The van der Waals surface area contributed by atoms with Crippen molar-refractivity contribution in [3.63, 3.8) is 0 Å². The summed E-state index contributed by atoms with van der Waals surface area (Å²) in [6, 6.07) is 14.5. The van der Waals surface area contributed by atoms with Crippen molar-refractivity contribution >= 4 is 43.2 Å². The van der Waals surface area contributed by atoms with E-state index < -0.39 is 10.0 Å². The van der Waals surface area contributed by atoms with Gasteiger partial charge in [0.25, 0.3) is 5.91 Å². The molecule has 1 amide bonds. The molecule has 0 bridgehead atoms. The van der Waals surface area contributed by atoms with E-state index >= 15 is 0 Å². The molecule has 0 aliphatic rings. The zero-order valence-electron chi connectivity index (χ0n) is 16.5. The number of nitrogens with zero attached hydrogens (tertiary/aromatic N) is 2. The summed E-state index contributed by atoms with van der Waals surface area (Å²) in [5.41, 5.74) is 2.80. The lowest BCUT2D eigenvalue weighted by atomic mass is 10.2. The number of benzene rings is 2. The van der Waals surface area contributed by atoms with E-state index in [0.29, 0.717) is 22.7 Å². The molecule has 4 rings (SSSR count). The number of amides is 1. The number of hydrogen-bond acceptors (Lipinski definition) is 5. The summed E-state index contributed by atoms with van der Waals surface area (Å²) in [6.45, 7) is 2.35. The molecule has 0 saturated heterocycles. The topological polar surface area (TPSA) is 107 Å². The molecule has 0 aliphatic heterocycles. The highest BCUT2D eigenvalue weighted by Crippen LogP contribution is 2.29. The first-order valence-electron chi connectivity index (χ1n) is 9.30. The number of rotatable bonds is 6. The molecular formula is C21H19FN4O3S2. The molecule has 2 aromatic heterocycles. The van der Waals surface area contributed by atoms with Crippen LogP contribution in [0.15, 0.2) is 54.6 Å². The van der Waals surface area contributed by atoms with Crippen LogP contribution in [0.3, 0.4) is 0 Å². The Morgan fingerprint density at radius 1 is 1.13 bits per heavy atom. The number of carbonyl (C=O) groups excluding carboxylic acids is 1. The van der Waals surface area contributed by atoms with E-state index in [0.717, 1.165) is 21.5 Å². The number of nitrogens with one attached hydrogen (secondary N) is 1. The van der Waals surface area contributed by atoms with E-state index in [2.05, 4.69) is 10.4 Å². The van der Waals surface area contributed by atoms with Gasteiger partial charge in [-0.15, -0.1) is 11.3 Å². The van der Waals surface area contributed by atoms with Crippen LogP contribution in [0.1, 0.15) is 26.5 Å². The van der Waals surface area contributed by atoms with Crippen molar-refractivity contribution in [1.82, 2.24) is 9.78 Å². The van der Waals surface area contributed by atoms with Gasteiger partial charge >= 0.3 is 0 Å². The number of nitrogens with two attached hydrogens (primary N) is 1. The van der Waals surface area contributed by atoms with Gasteiger partial charge in [0, 0.05) is 11.1 Å². The molecule has 4 aromatic rings. The van der Waals surface area contributed by atoms with Crippen molar-refractivity contribution in [3.05, 3.63) is 82.1 Å². The van der Waals surface area contributed by atoms with Crippen LogP contribution < -0.4 is 10.5 Å². The highest BCUT2D eigenvalue weighted by molar-refractivity contribution is 7.88. The SMILES string of the molecule is Cc1nn(Cc2ccc(F)cc2)c2sc(C(=O)Nc3ccc(CS(N)(=O)=O)cc3)cc12. The van der Waals surface area contributed by atoms with E-state index in [4.69, 9.17) is 5.14 Å². The van der Waals surface area contributed by atoms with Gasteiger partial charge < -0.3 is 5.32 Å². The first-order valence-corrected chi connectivity index (χ1v) is 11.8. The molecule has 2 heterocycles. The lowest BCUT2D eigenvalue weighted by molar-refractivity contribution is 0.103. The van der Waals surface area contributed by atoms with Crippen LogP contribution in [0.4, 0.5) is 10.1 Å². The van der Waals surface area contributed by atoms with Gasteiger partial charge in [-0.25, -0.2) is 17.9 Å². The van der Waals surface area contributed by atoms with Crippen LogP contribution in [-0.4, -0.2) is 24.1 Å². The van der Waals surface area contributed by atoms with Crippen LogP contribution in [0.25, 0.3) is 10.2 Å². The minimum atomic E-state index is -3.61. The molecule has 0 fully saturated rings. The molecule has 0 saturated carbocycles. The monoisotopic (exact) mass is 458 g/mol. The molecule has 0 atom stereocenters. The number of halogens is 1. The summed E-state index contributed by atoms with van der Waals surface area (Å²) in [4.78, 5) is 14.1. The number of carbonyl (C=O) groups is 1. The summed E-state index contributed by atoms with van der Waals surface area (Å²) < 4.78 is 37.3. The summed E-state index contributed by atoms with van der Waals surface area (Å²) >= 11 is 1.32. The molecule has 0 aliphatic carbocycles. The summed E-state index contributed by atoms with van der Waals surface area (Å²) in [5, 5.41) is 13.3. The van der Waals surface area contributed by atoms with Gasteiger partial charge in [0.1, 0.15) is 10.6 Å². The minimum absolute atomic E-state index is 0.263. The summed E-state index contributed by atoms with van der Waals surface area (Å²) in [5.74, 6) is -0.826. The van der Waals surface area contributed by atoms with Gasteiger partial charge in [0.2, 0.25) is 10.0 Å². The maximum atomic E-state index is 13.2. The lowest BCUT2D eigenvalue weighted by Crippen LogP contribution is -2.14. The van der Waals surface area contributed by atoms with Gasteiger partial charge in [-0.05, 0) is 48.4 Å². The molecule has 0 radical (unpaired) electrons. The normalized spacial score (nSPS) is 11.7. The number of anilines is 1. The van der Waals surface area contributed by atoms with Gasteiger partial charge in [0.05, 0.1) is 22.9 Å². The Morgan fingerprint density at radius 2 is 1.77 bits per heavy atom. The second kappa shape index (κ2) is 8.22. The van der Waals surface area contributed by atoms with Gasteiger partial charge in [-0.2, -0.15) is 5.10 Å². The van der Waals surface area contributed by atoms with Crippen molar-refractivity contribution in [2.75, 3.05) is 5.32 Å². The first kappa shape index (κ1) is 21.2. The van der Waals surface area contributed by atoms with Crippen LogP contribution in [0.2, 0.25) is 0 Å². The quantitative estimate of drug-likeness (QED) is 0.460. The Hall–Kier alpha value is -3.08. The predicted octanol–water partition coefficient (Wildman–Crippen LogP) is 3.63. The zero-order chi connectivity index (χ0) is 22.2. The second-order valence-corrected chi connectivity index (χ2v) is 9.80. The van der Waals surface area contributed by atoms with E-state index in [1.165, 1.54) is 23.5 Å². The third-order valence-electron chi connectivity index (χ3n) is 4.66. The van der Waals surface area contributed by atoms with Crippen molar-refractivity contribution in [1.29, 1.82) is 0 Å². The molecule has 160 valence electrons. The number of fused-ring (bicyclic) bond motifs is 1. The molecule has 0 spiro atoms. The second-order valence-electron chi connectivity index (χ2n) is 7.16. The fourth-order valence-electron chi connectivity index (χ4n) is 3.20. The molecule has 0 unspecified atom stereocenters. The predicted molar refractivity (Wildman–Crippen MR) is 119 cm³/mol. The summed E-state index contributed by atoms with van der Waals surface area (Å²) in [7, 11) is -3.61. The van der Waals surface area contributed by atoms with Crippen molar-refractivity contribution in [2.24, 2.45) is 5.14 Å². The smallest absolute Gasteiger partial charge is 0.265 e. The number of thiophene rings is 1. The van der Waals surface area contributed by atoms with Crippen LogP contribution >= 0.6 is 11.3 Å². The molecule has 2 aromatic carbocycles. The average molecular weight is 459 g/mol. The Morgan fingerprint density at radius 3 is 2.42 bits per heavy atom. The number of sulfonamides is 1. The van der Waals surface area contributed by atoms with Crippen molar-refractivity contribution < 1.29 is 17.6 Å². The standard InChI is InChI=1S/C21H19FN4O3S2/c1-13-18-10-19(20(27)24-17-8-4-15(5-9-17)12-31(23,28)29)30-21(18)26(25-13)11-14-2-6-16(22)7-3-14/h2-10H,11-12H2,1H3,(H,24,27)(H2,23,28,29). The van der Waals surface area contributed by atoms with Crippen molar-refractivity contribution in [2.45, 2.75) is 19.2 Å². The number of hydrogen-bond donors (Lipinski definition) is 2. The fraction of sp³-hybridized carbons (Fsp3) is 0.143. The maximum Gasteiger partial charge on any atom is 0.265 e. The minimum Gasteiger partial charge on any atom is -0.321 e. The van der Waals surface area contributed by atoms with Crippen LogP contribution in [0, 0.1) is 12.7 Å². The summed E-state index contributed by atoms with van der Waals surface area (Å²) in [6.07, 6.45) is 0. The van der Waals surface area contributed by atoms with Crippen LogP contribution in [0.5, 0.6) is 0 Å². The molecular weight excluding hydrogens is 439 g/mol. The Bertz CT molecular complexity index is 1360. The molecule has 7 nitrogen and oxygen atoms in total. The Labute approximate surface area is 182 Å². The van der Waals surface area contributed by atoms with Crippen molar-refractivity contribution in [3.8, 4) is 0 Å². The van der Waals surface area contributed by atoms with Gasteiger partial charge in [-0.1, -0.05) is 24.3 Å². The Kier molecular flexibility index (Phi) is 5.61. The molecule has 3 N–H and O–H groups in total. The average Bonchev–Trinajstić information content (AvgIpc) is 3.26. The van der Waals surface area contributed by atoms with Gasteiger partial charge in [-0.3, -0.25) is 9.48 Å². The molecule has 10 heteroatoms. The number of aryl methyl sites for hydroxylation is 1. The highest BCUT2D eigenvalue weighted by atomic mass is 32.2. The third-order valence-corrected chi connectivity index (χ3v) is 6.54. The van der Waals surface area contributed by atoms with E-state index in [1.54, 1.807) is 47.1 Å². The largest absolute Gasteiger partial charge is 0.321 e. The first-order chi connectivity index (χ1) is 14.7. The fourth-order valence-corrected chi connectivity index (χ4v) is 4.92. The van der Waals surface area contributed by atoms with Crippen LogP contribution in [-0.2, 0) is 22.3 Å². The van der Waals surface area contributed by atoms with Gasteiger partial charge in [0.15, 0.2) is 0 Å². The number of aromatic nitrogens is 2.